The minimum Gasteiger partial charge on any atom is -0.376 e. The highest BCUT2D eigenvalue weighted by atomic mass is 32.1. The van der Waals surface area contributed by atoms with Gasteiger partial charge in [-0.05, 0) is 119 Å². The first-order valence-electron chi connectivity index (χ1n) is 22.9. The Balaban J connectivity index is 1.15. The van der Waals surface area contributed by atoms with Crippen LogP contribution in [-0.2, 0) is 10.8 Å². The van der Waals surface area contributed by atoms with Gasteiger partial charge < -0.3 is 9.71 Å². The van der Waals surface area contributed by atoms with Gasteiger partial charge in [0.1, 0.15) is 0 Å². The average Bonchev–Trinajstić information content (AvgIpc) is 3.88. The number of nitrogens with zero attached hydrogens (tertiary/aromatic N) is 2. The number of hydrogen-bond acceptors (Lipinski definition) is 3. The molecule has 0 saturated carbocycles. The number of hydrogen-bond donors (Lipinski definition) is 0. The predicted molar refractivity (Wildman–Crippen MR) is 276 cm³/mol. The number of fused-ring (bicyclic) bond motifs is 15. The van der Waals surface area contributed by atoms with Gasteiger partial charge in [-0.1, -0.05) is 191 Å². The SMILES string of the molecule is CC(C)(C)c1ccc(N2c3cc(-c4ccccc4)cc4c3B(c3c2sc2ccccc32)N2c3ccccc3C3(c5ccccc5-c5ccccc53)c3cccc-4c32)c(-c2ccccc2)c1. The van der Waals surface area contributed by atoms with Crippen molar-refractivity contribution >= 4 is 66.9 Å². The number of benzene rings is 9. The Morgan fingerprint density at radius 2 is 1.05 bits per heavy atom. The van der Waals surface area contributed by atoms with Crippen LogP contribution in [0.4, 0.5) is 27.8 Å². The highest BCUT2D eigenvalue weighted by molar-refractivity contribution is 7.26. The molecule has 3 aliphatic heterocycles. The van der Waals surface area contributed by atoms with Crippen molar-refractivity contribution in [1.29, 1.82) is 0 Å². The first-order chi connectivity index (χ1) is 31.9. The van der Waals surface area contributed by atoms with E-state index in [1.807, 2.05) is 11.3 Å². The van der Waals surface area contributed by atoms with Crippen molar-refractivity contribution in [3.63, 3.8) is 0 Å². The van der Waals surface area contributed by atoms with Crippen molar-refractivity contribution in [2.45, 2.75) is 31.6 Å². The summed E-state index contributed by atoms with van der Waals surface area (Å²) in [6.07, 6.45) is 0. The van der Waals surface area contributed by atoms with Crippen LogP contribution in [0.5, 0.6) is 0 Å². The van der Waals surface area contributed by atoms with E-state index in [0.29, 0.717) is 0 Å². The zero-order valence-electron chi connectivity index (χ0n) is 36.5. The third-order valence-electron chi connectivity index (χ3n) is 14.8. The first kappa shape index (κ1) is 37.0. The fourth-order valence-corrected chi connectivity index (χ4v) is 13.3. The molecule has 1 spiro atoms. The quantitative estimate of drug-likeness (QED) is 0.163. The summed E-state index contributed by atoms with van der Waals surface area (Å²) in [5.74, 6) is 0. The lowest BCUT2D eigenvalue weighted by Crippen LogP contribution is -2.62. The largest absolute Gasteiger partial charge is 0.376 e. The molecule has 0 radical (unpaired) electrons. The van der Waals surface area contributed by atoms with Gasteiger partial charge >= 0.3 is 6.85 Å². The van der Waals surface area contributed by atoms with Gasteiger partial charge in [-0.25, -0.2) is 0 Å². The second kappa shape index (κ2) is 13.3. The highest BCUT2D eigenvalue weighted by Gasteiger charge is 2.56. The third-order valence-corrected chi connectivity index (χ3v) is 16.0. The fourth-order valence-electron chi connectivity index (χ4n) is 12.1. The van der Waals surface area contributed by atoms with Gasteiger partial charge in [0, 0.05) is 32.9 Å². The summed E-state index contributed by atoms with van der Waals surface area (Å²) < 4.78 is 1.30. The molecule has 0 atom stereocenters. The van der Waals surface area contributed by atoms with E-state index in [9.17, 15) is 0 Å². The lowest BCUT2D eigenvalue weighted by molar-refractivity contribution is 0.590. The second-order valence-electron chi connectivity index (χ2n) is 19.2. The van der Waals surface area contributed by atoms with Gasteiger partial charge in [0.2, 0.25) is 0 Å². The topological polar surface area (TPSA) is 6.48 Å². The molecule has 9 aromatic carbocycles. The van der Waals surface area contributed by atoms with Crippen LogP contribution >= 0.6 is 11.3 Å². The van der Waals surface area contributed by atoms with Crippen molar-refractivity contribution in [1.82, 2.24) is 0 Å². The van der Waals surface area contributed by atoms with E-state index >= 15 is 0 Å². The molecule has 0 fully saturated rings. The molecule has 1 aromatic heterocycles. The van der Waals surface area contributed by atoms with Gasteiger partial charge in [0.25, 0.3) is 0 Å². The maximum absolute atomic E-state index is 2.76. The summed E-state index contributed by atoms with van der Waals surface area (Å²) in [7, 11) is 0. The molecule has 0 bridgehead atoms. The summed E-state index contributed by atoms with van der Waals surface area (Å²) >= 11 is 1.93. The molecule has 10 aromatic rings. The van der Waals surface area contributed by atoms with Crippen LogP contribution in [0, 0.1) is 0 Å². The number of anilines is 5. The Bertz CT molecular complexity index is 3570. The number of thiophene rings is 1. The lowest BCUT2D eigenvalue weighted by atomic mass is 9.42. The summed E-state index contributed by atoms with van der Waals surface area (Å²) in [6, 6.07) is 78.2. The molecule has 1 aliphatic carbocycles. The maximum atomic E-state index is 2.76. The lowest BCUT2D eigenvalue weighted by Gasteiger charge is -2.52. The number of para-hydroxylation sites is 2. The predicted octanol–water partition coefficient (Wildman–Crippen LogP) is 14.9. The van der Waals surface area contributed by atoms with E-state index in [2.05, 4.69) is 237 Å². The van der Waals surface area contributed by atoms with Crippen LogP contribution in [-0.4, -0.2) is 6.85 Å². The molecule has 0 saturated heterocycles. The van der Waals surface area contributed by atoms with Crippen LogP contribution in [0.15, 0.2) is 206 Å². The summed E-state index contributed by atoms with van der Waals surface area (Å²) in [6.45, 7) is 6.86. The normalized spacial score (nSPS) is 14.4. The molecule has 4 heterocycles. The van der Waals surface area contributed by atoms with Crippen LogP contribution in [0.1, 0.15) is 48.6 Å². The Labute approximate surface area is 384 Å². The van der Waals surface area contributed by atoms with Crippen LogP contribution in [0.3, 0.4) is 0 Å². The average molecular weight is 847 g/mol. The fraction of sp³-hybridized carbons (Fsp3) is 0.0820. The molecule has 0 amide bonds. The van der Waals surface area contributed by atoms with E-state index in [0.717, 1.165) is 0 Å². The van der Waals surface area contributed by atoms with Crippen molar-refractivity contribution in [2.75, 3.05) is 9.71 Å². The highest BCUT2D eigenvalue weighted by Crippen LogP contribution is 2.65. The molecular weight excluding hydrogens is 804 g/mol. The smallest absolute Gasteiger partial charge is 0.334 e. The molecule has 14 rings (SSSR count). The van der Waals surface area contributed by atoms with E-state index in [1.165, 1.54) is 121 Å². The van der Waals surface area contributed by atoms with Crippen molar-refractivity contribution in [3.8, 4) is 44.5 Å². The second-order valence-corrected chi connectivity index (χ2v) is 20.2. The molecule has 0 N–H and O–H groups in total. The Hall–Kier alpha value is -7.40. The Kier molecular flexibility index (Phi) is 7.59. The maximum Gasteiger partial charge on any atom is 0.334 e. The summed E-state index contributed by atoms with van der Waals surface area (Å²) in [4.78, 5) is 5.41. The number of rotatable bonds is 3. The van der Waals surface area contributed by atoms with Gasteiger partial charge in [-0.2, -0.15) is 0 Å². The Morgan fingerprint density at radius 1 is 0.431 bits per heavy atom. The zero-order valence-corrected chi connectivity index (χ0v) is 37.3. The monoisotopic (exact) mass is 846 g/mol. The Morgan fingerprint density at radius 3 is 1.78 bits per heavy atom. The van der Waals surface area contributed by atoms with Crippen LogP contribution in [0.25, 0.3) is 54.6 Å². The van der Waals surface area contributed by atoms with E-state index in [-0.39, 0.29) is 12.3 Å². The van der Waals surface area contributed by atoms with Gasteiger partial charge in [-0.3, -0.25) is 0 Å². The standard InChI is InChI=1S/C61H43BN2S/c1-60(2,3)41-33-34-52(46(37-41)39-21-8-5-9-22-39)63-54-36-40(38-19-6-4-7-20-38)35-47-44-26-18-30-51-58(44)64(62(56(47)54)57-45-25-12-17-32-55(45)65-59(57)63)53-31-16-15-29-50(53)61(51)48-27-13-10-23-42(48)43-24-11-14-28-49(43)61/h4-37H,1-3H3. The third kappa shape index (κ3) is 4.90. The molecular formula is C61H43BN2S. The minimum atomic E-state index is -0.497. The molecule has 65 heavy (non-hydrogen) atoms. The van der Waals surface area contributed by atoms with Gasteiger partial charge in [0.05, 0.1) is 16.1 Å². The molecule has 2 nitrogen and oxygen atoms in total. The molecule has 4 aliphatic rings. The zero-order chi connectivity index (χ0) is 43.2. The first-order valence-corrected chi connectivity index (χ1v) is 23.7. The molecule has 0 unspecified atom stereocenters. The van der Waals surface area contributed by atoms with Crippen molar-refractivity contribution in [2.24, 2.45) is 0 Å². The summed E-state index contributed by atoms with van der Waals surface area (Å²) in [5, 5.41) is 2.59. The molecule has 306 valence electrons. The van der Waals surface area contributed by atoms with Gasteiger partial charge in [0.15, 0.2) is 0 Å². The summed E-state index contributed by atoms with van der Waals surface area (Å²) in [5.41, 5.74) is 24.0. The van der Waals surface area contributed by atoms with E-state index in [4.69, 9.17) is 0 Å². The van der Waals surface area contributed by atoms with E-state index in [1.54, 1.807) is 0 Å². The van der Waals surface area contributed by atoms with Crippen molar-refractivity contribution < 1.29 is 0 Å². The van der Waals surface area contributed by atoms with E-state index < -0.39 is 5.41 Å². The minimum absolute atomic E-state index is 0.0228. The van der Waals surface area contributed by atoms with Crippen LogP contribution in [0.2, 0.25) is 0 Å². The van der Waals surface area contributed by atoms with Crippen LogP contribution < -0.4 is 20.6 Å². The van der Waals surface area contributed by atoms with Gasteiger partial charge in [-0.15, -0.1) is 11.3 Å². The molecule has 4 heteroatoms. The van der Waals surface area contributed by atoms with Crippen molar-refractivity contribution in [3.05, 3.63) is 234 Å².